The molecule has 2 saturated carbocycles. The van der Waals surface area contributed by atoms with Crippen LogP contribution in [0.3, 0.4) is 0 Å². The predicted molar refractivity (Wildman–Crippen MR) is 128 cm³/mol. The van der Waals surface area contributed by atoms with Crippen LogP contribution in [0.15, 0.2) is 29.3 Å². The first-order chi connectivity index (χ1) is 15.6. The molecule has 0 heterocycles. The maximum absolute atomic E-state index is 11.7. The number of guanidine groups is 1. The maximum Gasteiger partial charge on any atom is 0.258 e. The Morgan fingerprint density at radius 3 is 2.56 bits per heavy atom. The van der Waals surface area contributed by atoms with Gasteiger partial charge in [-0.3, -0.25) is 9.79 Å². The Bertz CT molecular complexity index is 725. The van der Waals surface area contributed by atoms with Gasteiger partial charge in [0.15, 0.2) is 12.6 Å². The van der Waals surface area contributed by atoms with E-state index in [-0.39, 0.29) is 12.5 Å². The van der Waals surface area contributed by atoms with Gasteiger partial charge in [-0.2, -0.15) is 0 Å². The number of nitrogens with one attached hydrogen (secondary N) is 3. The van der Waals surface area contributed by atoms with Gasteiger partial charge in [-0.05, 0) is 68.6 Å². The molecular weight excluding hydrogens is 404 g/mol. The van der Waals surface area contributed by atoms with Gasteiger partial charge in [0, 0.05) is 39.4 Å². The van der Waals surface area contributed by atoms with E-state index in [0.29, 0.717) is 11.5 Å². The molecular formula is C25H40N4O3. The fourth-order valence-electron chi connectivity index (χ4n) is 4.29. The van der Waals surface area contributed by atoms with Crippen LogP contribution in [-0.2, 0) is 16.0 Å². The van der Waals surface area contributed by atoms with Crippen molar-refractivity contribution in [3.8, 4) is 5.75 Å². The molecule has 2 fully saturated rings. The lowest BCUT2D eigenvalue weighted by Gasteiger charge is -2.30. The molecule has 2 aliphatic carbocycles. The van der Waals surface area contributed by atoms with E-state index in [0.717, 1.165) is 63.7 Å². The van der Waals surface area contributed by atoms with E-state index < -0.39 is 0 Å². The minimum absolute atomic E-state index is 0.0445. The number of carbonyl (C=O) groups excluding carboxylic acids is 1. The number of benzene rings is 1. The summed E-state index contributed by atoms with van der Waals surface area (Å²) in [6.45, 7) is 5.51. The molecule has 3 rings (SSSR count). The van der Waals surface area contributed by atoms with Crippen molar-refractivity contribution in [3.63, 3.8) is 0 Å². The second kappa shape index (κ2) is 12.7. The van der Waals surface area contributed by atoms with Crippen LogP contribution in [0.2, 0.25) is 0 Å². The summed E-state index contributed by atoms with van der Waals surface area (Å²) in [7, 11) is 1.82. The van der Waals surface area contributed by atoms with Crippen molar-refractivity contribution in [1.82, 2.24) is 16.0 Å². The van der Waals surface area contributed by atoms with E-state index in [9.17, 15) is 4.79 Å². The molecule has 3 N–H and O–H groups in total. The highest BCUT2D eigenvalue weighted by molar-refractivity contribution is 5.79. The average molecular weight is 445 g/mol. The van der Waals surface area contributed by atoms with E-state index in [1.807, 2.05) is 31.3 Å². The number of ether oxygens (including phenoxy) is 2. The monoisotopic (exact) mass is 444 g/mol. The van der Waals surface area contributed by atoms with Crippen LogP contribution in [0.4, 0.5) is 0 Å². The third-order valence-corrected chi connectivity index (χ3v) is 6.44. The summed E-state index contributed by atoms with van der Waals surface area (Å²) in [6, 6.07) is 8.32. The highest BCUT2D eigenvalue weighted by atomic mass is 16.5. The van der Waals surface area contributed by atoms with E-state index in [1.165, 1.54) is 31.2 Å². The van der Waals surface area contributed by atoms with Crippen LogP contribution in [0, 0.1) is 5.41 Å². The van der Waals surface area contributed by atoms with Gasteiger partial charge in [0.05, 0.1) is 0 Å². The first-order valence-corrected chi connectivity index (χ1v) is 12.2. The largest absolute Gasteiger partial charge is 0.484 e. The SMILES string of the molecule is CCOCCC1(CNC(=NC)NCCc2ccc(OCC(=O)NC3CC3)cc2)CCCC1. The Morgan fingerprint density at radius 1 is 1.16 bits per heavy atom. The molecule has 0 unspecified atom stereocenters. The quantitative estimate of drug-likeness (QED) is 0.247. The Hall–Kier alpha value is -2.28. The van der Waals surface area contributed by atoms with Crippen LogP contribution >= 0.6 is 0 Å². The third-order valence-electron chi connectivity index (χ3n) is 6.44. The number of hydrogen-bond acceptors (Lipinski definition) is 4. The van der Waals surface area contributed by atoms with Gasteiger partial charge in [0.2, 0.25) is 0 Å². The molecule has 0 aromatic heterocycles. The number of hydrogen-bond donors (Lipinski definition) is 3. The van der Waals surface area contributed by atoms with E-state index >= 15 is 0 Å². The van der Waals surface area contributed by atoms with E-state index in [1.54, 1.807) is 0 Å². The Morgan fingerprint density at radius 2 is 1.91 bits per heavy atom. The zero-order valence-corrected chi connectivity index (χ0v) is 19.8. The van der Waals surface area contributed by atoms with Gasteiger partial charge in [-0.15, -0.1) is 0 Å². The molecule has 1 aromatic carbocycles. The van der Waals surface area contributed by atoms with Gasteiger partial charge >= 0.3 is 0 Å². The first kappa shape index (κ1) is 24.4. The number of amides is 1. The molecule has 0 atom stereocenters. The van der Waals surface area contributed by atoms with Crippen molar-refractivity contribution in [2.24, 2.45) is 10.4 Å². The molecule has 0 radical (unpaired) electrons. The average Bonchev–Trinajstić information content (AvgIpc) is 3.50. The number of aliphatic imine (C=N–C) groups is 1. The molecule has 0 bridgehead atoms. The topological polar surface area (TPSA) is 84.0 Å². The standard InChI is InChI=1S/C25H40N4O3/c1-3-31-17-15-25(13-4-5-14-25)19-28-24(26-2)27-16-12-20-6-10-22(11-7-20)32-18-23(30)29-21-8-9-21/h6-7,10-11,21H,3-5,8-9,12-19H2,1-2H3,(H,29,30)(H2,26,27,28). The van der Waals surface area contributed by atoms with Crippen molar-refractivity contribution in [2.75, 3.05) is 40.0 Å². The summed E-state index contributed by atoms with van der Waals surface area (Å²) in [5, 5.41) is 9.90. The third kappa shape index (κ3) is 8.34. The lowest BCUT2D eigenvalue weighted by atomic mass is 9.83. The summed E-state index contributed by atoms with van der Waals surface area (Å²) in [5.41, 5.74) is 1.55. The molecule has 32 heavy (non-hydrogen) atoms. The number of nitrogens with zero attached hydrogens (tertiary/aromatic N) is 1. The van der Waals surface area contributed by atoms with Crippen LogP contribution < -0.4 is 20.7 Å². The van der Waals surface area contributed by atoms with Crippen molar-refractivity contribution in [3.05, 3.63) is 29.8 Å². The highest BCUT2D eigenvalue weighted by Gasteiger charge is 2.33. The molecule has 1 aromatic rings. The Kier molecular flexibility index (Phi) is 9.65. The van der Waals surface area contributed by atoms with Crippen LogP contribution in [0.25, 0.3) is 0 Å². The minimum atomic E-state index is -0.0445. The fraction of sp³-hybridized carbons (Fsp3) is 0.680. The zero-order chi connectivity index (χ0) is 22.7. The minimum Gasteiger partial charge on any atom is -0.484 e. The molecule has 1 amide bonds. The van der Waals surface area contributed by atoms with Crippen molar-refractivity contribution >= 4 is 11.9 Å². The summed E-state index contributed by atoms with van der Waals surface area (Å²) in [5.74, 6) is 1.53. The molecule has 0 aliphatic heterocycles. The second-order valence-corrected chi connectivity index (χ2v) is 9.03. The lowest BCUT2D eigenvalue weighted by molar-refractivity contribution is -0.123. The summed E-state index contributed by atoms with van der Waals surface area (Å²) >= 11 is 0. The summed E-state index contributed by atoms with van der Waals surface area (Å²) in [6.07, 6.45) is 9.32. The van der Waals surface area contributed by atoms with Crippen molar-refractivity contribution in [1.29, 1.82) is 0 Å². The normalized spacial score (nSPS) is 17.8. The molecule has 0 spiro atoms. The first-order valence-electron chi connectivity index (χ1n) is 12.2. The van der Waals surface area contributed by atoms with Crippen molar-refractivity contribution < 1.29 is 14.3 Å². The smallest absolute Gasteiger partial charge is 0.258 e. The van der Waals surface area contributed by atoms with Crippen LogP contribution in [0.1, 0.15) is 57.4 Å². The lowest BCUT2D eigenvalue weighted by Crippen LogP contribution is -2.44. The van der Waals surface area contributed by atoms with Crippen LogP contribution in [-0.4, -0.2) is 57.9 Å². The van der Waals surface area contributed by atoms with Gasteiger partial charge < -0.3 is 25.4 Å². The molecule has 178 valence electrons. The highest BCUT2D eigenvalue weighted by Crippen LogP contribution is 2.40. The summed E-state index contributed by atoms with van der Waals surface area (Å²) < 4.78 is 11.2. The number of carbonyl (C=O) groups is 1. The molecule has 0 saturated heterocycles. The Labute approximate surface area is 192 Å². The molecule has 7 nitrogen and oxygen atoms in total. The van der Waals surface area contributed by atoms with Gasteiger partial charge in [0.25, 0.3) is 5.91 Å². The zero-order valence-electron chi connectivity index (χ0n) is 19.8. The van der Waals surface area contributed by atoms with Crippen LogP contribution in [0.5, 0.6) is 5.75 Å². The van der Waals surface area contributed by atoms with E-state index in [2.05, 4.69) is 27.9 Å². The van der Waals surface area contributed by atoms with Gasteiger partial charge in [-0.25, -0.2) is 0 Å². The van der Waals surface area contributed by atoms with Gasteiger partial charge in [0.1, 0.15) is 5.75 Å². The Balaban J connectivity index is 1.35. The van der Waals surface area contributed by atoms with E-state index in [4.69, 9.17) is 9.47 Å². The number of rotatable bonds is 13. The molecule has 7 heteroatoms. The van der Waals surface area contributed by atoms with Gasteiger partial charge in [-0.1, -0.05) is 25.0 Å². The molecule has 2 aliphatic rings. The predicted octanol–water partition coefficient (Wildman–Crippen LogP) is 3.04. The summed E-state index contributed by atoms with van der Waals surface area (Å²) in [4.78, 5) is 16.1. The van der Waals surface area contributed by atoms with Crippen molar-refractivity contribution in [2.45, 2.75) is 64.3 Å². The second-order valence-electron chi connectivity index (χ2n) is 9.03. The fourth-order valence-corrected chi connectivity index (χ4v) is 4.29. The maximum atomic E-state index is 11.7.